The number of pyridine rings is 1. The van der Waals surface area contributed by atoms with Crippen molar-refractivity contribution >= 4 is 23.2 Å². The SMILES string of the molecule is C[C@H]1COC[C@H]2CN(Cc3c(Cl)cncc3Cl)CCN21. The van der Waals surface area contributed by atoms with E-state index in [0.717, 1.165) is 45.0 Å². The van der Waals surface area contributed by atoms with Gasteiger partial charge >= 0.3 is 0 Å². The molecule has 4 nitrogen and oxygen atoms in total. The minimum Gasteiger partial charge on any atom is -0.378 e. The first-order valence-electron chi connectivity index (χ1n) is 6.99. The zero-order valence-electron chi connectivity index (χ0n) is 11.6. The fourth-order valence-corrected chi connectivity index (χ4v) is 3.57. The van der Waals surface area contributed by atoms with Gasteiger partial charge in [-0.3, -0.25) is 14.8 Å². The number of nitrogens with zero attached hydrogens (tertiary/aromatic N) is 3. The van der Waals surface area contributed by atoms with E-state index in [2.05, 4.69) is 21.7 Å². The summed E-state index contributed by atoms with van der Waals surface area (Å²) in [5.74, 6) is 0. The Morgan fingerprint density at radius 1 is 1.25 bits per heavy atom. The molecule has 2 aliphatic heterocycles. The molecular formula is C14H19Cl2N3O. The molecule has 0 spiro atoms. The number of hydrogen-bond acceptors (Lipinski definition) is 4. The summed E-state index contributed by atoms with van der Waals surface area (Å²) in [6.07, 6.45) is 3.32. The fourth-order valence-electron chi connectivity index (χ4n) is 3.09. The van der Waals surface area contributed by atoms with Gasteiger partial charge in [0.15, 0.2) is 0 Å². The summed E-state index contributed by atoms with van der Waals surface area (Å²) in [4.78, 5) is 8.95. The Morgan fingerprint density at radius 2 is 2.00 bits per heavy atom. The lowest BCUT2D eigenvalue weighted by atomic mass is 10.1. The summed E-state index contributed by atoms with van der Waals surface area (Å²) >= 11 is 12.4. The average Bonchev–Trinajstić information content (AvgIpc) is 2.43. The Hall–Kier alpha value is -0.390. The second kappa shape index (κ2) is 6.16. The highest BCUT2D eigenvalue weighted by Crippen LogP contribution is 2.26. The third-order valence-electron chi connectivity index (χ3n) is 4.18. The Labute approximate surface area is 129 Å². The van der Waals surface area contributed by atoms with Crippen LogP contribution in [-0.2, 0) is 11.3 Å². The van der Waals surface area contributed by atoms with E-state index in [1.165, 1.54) is 0 Å². The van der Waals surface area contributed by atoms with E-state index in [1.807, 2.05) is 0 Å². The van der Waals surface area contributed by atoms with Crippen LogP contribution in [0.2, 0.25) is 10.0 Å². The van der Waals surface area contributed by atoms with Crippen LogP contribution in [0.4, 0.5) is 0 Å². The summed E-state index contributed by atoms with van der Waals surface area (Å²) < 4.78 is 5.67. The molecule has 0 saturated carbocycles. The summed E-state index contributed by atoms with van der Waals surface area (Å²) in [5.41, 5.74) is 0.974. The summed E-state index contributed by atoms with van der Waals surface area (Å²) in [6.45, 7) is 7.79. The molecule has 110 valence electrons. The molecule has 1 aromatic heterocycles. The van der Waals surface area contributed by atoms with Crippen molar-refractivity contribution in [3.8, 4) is 0 Å². The van der Waals surface area contributed by atoms with E-state index in [9.17, 15) is 0 Å². The number of aromatic nitrogens is 1. The van der Waals surface area contributed by atoms with E-state index in [4.69, 9.17) is 27.9 Å². The van der Waals surface area contributed by atoms with Crippen LogP contribution in [0.15, 0.2) is 12.4 Å². The van der Waals surface area contributed by atoms with Crippen LogP contribution in [0, 0.1) is 0 Å². The van der Waals surface area contributed by atoms with E-state index >= 15 is 0 Å². The number of halogens is 2. The second-order valence-corrected chi connectivity index (χ2v) is 6.41. The van der Waals surface area contributed by atoms with Gasteiger partial charge in [0, 0.05) is 56.2 Å². The van der Waals surface area contributed by atoms with Gasteiger partial charge in [-0.25, -0.2) is 0 Å². The Bertz CT molecular complexity index is 465. The first-order valence-corrected chi connectivity index (χ1v) is 7.74. The molecule has 0 unspecified atom stereocenters. The topological polar surface area (TPSA) is 28.6 Å². The van der Waals surface area contributed by atoms with Gasteiger partial charge < -0.3 is 4.74 Å². The highest BCUT2D eigenvalue weighted by atomic mass is 35.5. The molecule has 6 heteroatoms. The fraction of sp³-hybridized carbons (Fsp3) is 0.643. The van der Waals surface area contributed by atoms with Gasteiger partial charge in [-0.15, -0.1) is 0 Å². The van der Waals surface area contributed by atoms with E-state index in [-0.39, 0.29) is 0 Å². The Morgan fingerprint density at radius 3 is 2.75 bits per heavy atom. The minimum absolute atomic E-state index is 0.479. The number of piperazine rings is 1. The van der Waals surface area contributed by atoms with Crippen LogP contribution in [0.1, 0.15) is 12.5 Å². The maximum Gasteiger partial charge on any atom is 0.0649 e. The van der Waals surface area contributed by atoms with E-state index < -0.39 is 0 Å². The summed E-state index contributed by atoms with van der Waals surface area (Å²) in [7, 11) is 0. The molecule has 0 bridgehead atoms. The van der Waals surface area contributed by atoms with Crippen LogP contribution in [0.25, 0.3) is 0 Å². The molecule has 2 saturated heterocycles. The van der Waals surface area contributed by atoms with Crippen molar-refractivity contribution in [1.29, 1.82) is 0 Å². The number of fused-ring (bicyclic) bond motifs is 1. The molecule has 0 N–H and O–H groups in total. The predicted octanol–water partition coefficient (Wildman–Crippen LogP) is 2.29. The zero-order chi connectivity index (χ0) is 14.1. The molecule has 2 fully saturated rings. The molecule has 2 atom stereocenters. The van der Waals surface area contributed by atoms with Crippen LogP contribution < -0.4 is 0 Å². The first kappa shape index (κ1) is 14.5. The maximum absolute atomic E-state index is 6.20. The molecule has 0 aliphatic carbocycles. The highest BCUT2D eigenvalue weighted by Gasteiger charge is 2.33. The molecular weight excluding hydrogens is 297 g/mol. The predicted molar refractivity (Wildman–Crippen MR) is 80.3 cm³/mol. The first-order chi connectivity index (χ1) is 9.65. The van der Waals surface area contributed by atoms with Crippen molar-refractivity contribution in [3.63, 3.8) is 0 Å². The maximum atomic E-state index is 6.20. The van der Waals surface area contributed by atoms with Crippen molar-refractivity contribution in [3.05, 3.63) is 28.0 Å². The number of morpholine rings is 1. The van der Waals surface area contributed by atoms with Crippen molar-refractivity contribution in [1.82, 2.24) is 14.8 Å². The molecule has 3 rings (SSSR count). The Kier molecular flexibility index (Phi) is 4.48. The van der Waals surface area contributed by atoms with Gasteiger partial charge in [-0.1, -0.05) is 23.2 Å². The Balaban J connectivity index is 1.68. The number of ether oxygens (including phenoxy) is 1. The number of hydrogen-bond donors (Lipinski definition) is 0. The van der Waals surface area contributed by atoms with Gasteiger partial charge in [0.25, 0.3) is 0 Å². The second-order valence-electron chi connectivity index (χ2n) is 5.59. The van der Waals surface area contributed by atoms with Gasteiger partial charge in [0.1, 0.15) is 0 Å². The molecule has 3 heterocycles. The third kappa shape index (κ3) is 2.95. The average molecular weight is 316 g/mol. The molecule has 0 amide bonds. The molecule has 0 aromatic carbocycles. The number of rotatable bonds is 2. The van der Waals surface area contributed by atoms with Gasteiger partial charge in [-0.2, -0.15) is 0 Å². The zero-order valence-corrected chi connectivity index (χ0v) is 13.1. The van der Waals surface area contributed by atoms with Gasteiger partial charge in [0.2, 0.25) is 0 Å². The molecule has 1 aromatic rings. The lowest BCUT2D eigenvalue weighted by Crippen LogP contribution is -2.60. The van der Waals surface area contributed by atoms with E-state index in [0.29, 0.717) is 22.1 Å². The lowest BCUT2D eigenvalue weighted by Gasteiger charge is -2.47. The van der Waals surface area contributed by atoms with Crippen LogP contribution in [0.5, 0.6) is 0 Å². The van der Waals surface area contributed by atoms with Crippen molar-refractivity contribution in [2.24, 2.45) is 0 Å². The smallest absolute Gasteiger partial charge is 0.0649 e. The van der Waals surface area contributed by atoms with Crippen LogP contribution >= 0.6 is 23.2 Å². The summed E-state index contributed by atoms with van der Waals surface area (Å²) in [6, 6.07) is 0.996. The lowest BCUT2D eigenvalue weighted by molar-refractivity contribution is -0.0765. The van der Waals surface area contributed by atoms with E-state index in [1.54, 1.807) is 12.4 Å². The largest absolute Gasteiger partial charge is 0.378 e. The normalized spacial score (nSPS) is 28.4. The van der Waals surface area contributed by atoms with Crippen molar-refractivity contribution in [2.45, 2.75) is 25.6 Å². The van der Waals surface area contributed by atoms with Gasteiger partial charge in [-0.05, 0) is 6.92 Å². The minimum atomic E-state index is 0.479. The van der Waals surface area contributed by atoms with Crippen molar-refractivity contribution < 1.29 is 4.74 Å². The molecule has 0 radical (unpaired) electrons. The molecule has 20 heavy (non-hydrogen) atoms. The standard InChI is InChI=1S/C14H19Cl2N3O/c1-10-8-20-9-11-6-18(2-3-19(10)11)7-12-13(15)4-17-5-14(12)16/h4-5,10-11H,2-3,6-9H2,1H3/t10-,11+/m0/s1. The monoisotopic (exact) mass is 315 g/mol. The summed E-state index contributed by atoms with van der Waals surface area (Å²) in [5, 5.41) is 1.29. The van der Waals surface area contributed by atoms with Gasteiger partial charge in [0.05, 0.1) is 23.3 Å². The third-order valence-corrected chi connectivity index (χ3v) is 4.83. The highest BCUT2D eigenvalue weighted by molar-refractivity contribution is 6.35. The van der Waals surface area contributed by atoms with Crippen LogP contribution in [0.3, 0.4) is 0 Å². The molecule has 2 aliphatic rings. The quantitative estimate of drug-likeness (QED) is 0.837. The van der Waals surface area contributed by atoms with Crippen molar-refractivity contribution in [2.75, 3.05) is 32.8 Å². The van der Waals surface area contributed by atoms with Crippen LogP contribution in [-0.4, -0.2) is 59.7 Å².